The summed E-state index contributed by atoms with van der Waals surface area (Å²) in [6.45, 7) is 7.63. The van der Waals surface area contributed by atoms with Gasteiger partial charge in [0.2, 0.25) is 0 Å². The van der Waals surface area contributed by atoms with Gasteiger partial charge in [-0.25, -0.2) is 9.78 Å². The van der Waals surface area contributed by atoms with E-state index in [9.17, 15) is 0 Å². The maximum Gasteiger partial charge on any atom is 0.396 e. The van der Waals surface area contributed by atoms with Gasteiger partial charge in [0.15, 0.2) is 0 Å². The van der Waals surface area contributed by atoms with Crippen LogP contribution in [0.2, 0.25) is 0 Å². The standard InChI is InChI=1S/C9H19O5P/c1-4-10-11-8-7-9-14-15(12-5-2)13-6-3/h7,9H,4-6,8H2,1-3H3/b9-7+. The van der Waals surface area contributed by atoms with Crippen LogP contribution in [0.25, 0.3) is 0 Å². The van der Waals surface area contributed by atoms with Crippen LogP contribution in [0.4, 0.5) is 0 Å². The Morgan fingerprint density at radius 3 is 2.13 bits per heavy atom. The van der Waals surface area contributed by atoms with E-state index in [2.05, 4.69) is 4.89 Å². The normalized spacial score (nSPS) is 11.5. The van der Waals surface area contributed by atoms with Crippen LogP contribution >= 0.6 is 8.60 Å². The minimum atomic E-state index is -1.27. The Kier molecular flexibility index (Phi) is 11.7. The molecule has 0 spiro atoms. The lowest BCUT2D eigenvalue weighted by atomic mass is 10.7. The van der Waals surface area contributed by atoms with Crippen LogP contribution in [0.5, 0.6) is 0 Å². The summed E-state index contributed by atoms with van der Waals surface area (Å²) in [6, 6.07) is 0. The largest absolute Gasteiger partial charge is 0.435 e. The third kappa shape index (κ3) is 10.1. The van der Waals surface area contributed by atoms with Crippen molar-refractivity contribution in [2.45, 2.75) is 20.8 Å². The van der Waals surface area contributed by atoms with Gasteiger partial charge in [0, 0.05) is 0 Å². The molecule has 0 fully saturated rings. The first-order valence-corrected chi connectivity index (χ1v) is 6.06. The van der Waals surface area contributed by atoms with E-state index in [0.29, 0.717) is 26.4 Å². The summed E-state index contributed by atoms with van der Waals surface area (Å²) in [4.78, 5) is 9.41. The summed E-state index contributed by atoms with van der Waals surface area (Å²) in [5, 5.41) is 0. The molecule has 0 unspecified atom stereocenters. The van der Waals surface area contributed by atoms with Crippen LogP contribution in [-0.4, -0.2) is 26.4 Å². The summed E-state index contributed by atoms with van der Waals surface area (Å²) < 4.78 is 15.6. The molecular formula is C9H19O5P. The van der Waals surface area contributed by atoms with E-state index in [1.54, 1.807) is 6.08 Å². The molecule has 0 aromatic rings. The highest BCUT2D eigenvalue weighted by molar-refractivity contribution is 7.41. The molecule has 0 heterocycles. The van der Waals surface area contributed by atoms with Gasteiger partial charge in [-0.1, -0.05) is 0 Å². The van der Waals surface area contributed by atoms with Crippen LogP contribution in [0.15, 0.2) is 12.3 Å². The zero-order valence-electron chi connectivity index (χ0n) is 9.47. The second-order valence-electron chi connectivity index (χ2n) is 2.23. The van der Waals surface area contributed by atoms with Gasteiger partial charge < -0.3 is 13.6 Å². The van der Waals surface area contributed by atoms with Crippen LogP contribution in [0.1, 0.15) is 20.8 Å². The Morgan fingerprint density at radius 1 is 0.933 bits per heavy atom. The zero-order valence-corrected chi connectivity index (χ0v) is 10.4. The first-order valence-electron chi connectivity index (χ1n) is 4.97. The molecule has 90 valence electrons. The summed E-state index contributed by atoms with van der Waals surface area (Å²) in [5.41, 5.74) is 0. The molecule has 6 heteroatoms. The monoisotopic (exact) mass is 238 g/mol. The smallest absolute Gasteiger partial charge is 0.396 e. The molecule has 0 bridgehead atoms. The van der Waals surface area contributed by atoms with Gasteiger partial charge in [-0.05, 0) is 26.8 Å². The van der Waals surface area contributed by atoms with Crippen molar-refractivity contribution in [2.24, 2.45) is 0 Å². The summed E-state index contributed by atoms with van der Waals surface area (Å²) in [7, 11) is -1.27. The molecular weight excluding hydrogens is 219 g/mol. The zero-order chi connectivity index (χ0) is 11.4. The lowest BCUT2D eigenvalue weighted by Crippen LogP contribution is -1.94. The molecule has 15 heavy (non-hydrogen) atoms. The molecule has 0 atom stereocenters. The van der Waals surface area contributed by atoms with Gasteiger partial charge in [-0.3, -0.25) is 0 Å². The van der Waals surface area contributed by atoms with Gasteiger partial charge >= 0.3 is 8.60 Å². The van der Waals surface area contributed by atoms with Gasteiger partial charge in [0.05, 0.1) is 26.1 Å². The Hall–Kier alpha value is -0.190. The number of rotatable bonds is 10. The summed E-state index contributed by atoms with van der Waals surface area (Å²) in [5.74, 6) is 0. The average Bonchev–Trinajstić information content (AvgIpc) is 2.24. The van der Waals surface area contributed by atoms with E-state index < -0.39 is 8.60 Å². The van der Waals surface area contributed by atoms with Crippen molar-refractivity contribution in [3.8, 4) is 0 Å². The maximum atomic E-state index is 5.21. The van der Waals surface area contributed by atoms with Crippen molar-refractivity contribution >= 4 is 8.60 Å². The van der Waals surface area contributed by atoms with Crippen molar-refractivity contribution in [3.05, 3.63) is 12.3 Å². The fraction of sp³-hybridized carbons (Fsp3) is 0.778. The molecule has 0 aromatic heterocycles. The highest BCUT2D eigenvalue weighted by Gasteiger charge is 2.08. The van der Waals surface area contributed by atoms with Crippen molar-refractivity contribution in [3.63, 3.8) is 0 Å². The minimum absolute atomic E-state index is 0.343. The van der Waals surface area contributed by atoms with E-state index in [1.807, 2.05) is 20.8 Å². The van der Waals surface area contributed by atoms with Gasteiger partial charge in [-0.15, -0.1) is 0 Å². The molecule has 0 aliphatic rings. The predicted octanol–water partition coefficient (Wildman–Crippen LogP) is 2.78. The van der Waals surface area contributed by atoms with E-state index in [4.69, 9.17) is 18.5 Å². The van der Waals surface area contributed by atoms with Gasteiger partial charge in [0.1, 0.15) is 6.61 Å². The van der Waals surface area contributed by atoms with Crippen molar-refractivity contribution in [2.75, 3.05) is 26.4 Å². The summed E-state index contributed by atoms with van der Waals surface area (Å²) in [6.07, 6.45) is 3.18. The second-order valence-corrected chi connectivity index (χ2v) is 3.40. The lowest BCUT2D eigenvalue weighted by molar-refractivity contribution is -0.282. The molecule has 0 aliphatic carbocycles. The predicted molar refractivity (Wildman–Crippen MR) is 58.0 cm³/mol. The third-order valence-electron chi connectivity index (χ3n) is 1.08. The molecule has 0 N–H and O–H groups in total. The van der Waals surface area contributed by atoms with Crippen LogP contribution in [-0.2, 0) is 23.3 Å². The Balaban J connectivity index is 3.49. The molecule has 0 radical (unpaired) electrons. The molecule has 0 aromatic carbocycles. The first kappa shape index (κ1) is 14.8. The van der Waals surface area contributed by atoms with Gasteiger partial charge in [0.25, 0.3) is 0 Å². The molecule has 5 nitrogen and oxygen atoms in total. The maximum absolute atomic E-state index is 5.21. The van der Waals surface area contributed by atoms with Crippen molar-refractivity contribution < 1.29 is 23.3 Å². The second kappa shape index (κ2) is 11.9. The van der Waals surface area contributed by atoms with Gasteiger partial charge in [-0.2, -0.15) is 0 Å². The van der Waals surface area contributed by atoms with Crippen LogP contribution < -0.4 is 0 Å². The number of hydrogen-bond donors (Lipinski definition) is 0. The molecule has 0 aliphatic heterocycles. The van der Waals surface area contributed by atoms with E-state index in [0.717, 1.165) is 0 Å². The SMILES string of the molecule is CCOOC/C=C/OP(OCC)OCC. The van der Waals surface area contributed by atoms with Crippen molar-refractivity contribution in [1.29, 1.82) is 0 Å². The van der Waals surface area contributed by atoms with Crippen LogP contribution in [0.3, 0.4) is 0 Å². The fourth-order valence-corrected chi connectivity index (χ4v) is 1.42. The highest BCUT2D eigenvalue weighted by atomic mass is 31.2. The topological polar surface area (TPSA) is 46.2 Å². The molecule has 0 saturated carbocycles. The molecule has 0 rings (SSSR count). The quantitative estimate of drug-likeness (QED) is 0.192. The molecule has 0 amide bonds. The van der Waals surface area contributed by atoms with E-state index >= 15 is 0 Å². The Morgan fingerprint density at radius 2 is 1.60 bits per heavy atom. The lowest BCUT2D eigenvalue weighted by Gasteiger charge is -2.12. The van der Waals surface area contributed by atoms with E-state index in [-0.39, 0.29) is 0 Å². The average molecular weight is 238 g/mol. The highest BCUT2D eigenvalue weighted by Crippen LogP contribution is 2.39. The van der Waals surface area contributed by atoms with Crippen molar-refractivity contribution in [1.82, 2.24) is 0 Å². The van der Waals surface area contributed by atoms with E-state index in [1.165, 1.54) is 6.26 Å². The third-order valence-corrected chi connectivity index (χ3v) is 2.31. The van der Waals surface area contributed by atoms with Crippen LogP contribution in [0, 0.1) is 0 Å². The molecule has 0 saturated heterocycles. The fourth-order valence-electron chi connectivity index (χ4n) is 0.612. The minimum Gasteiger partial charge on any atom is -0.435 e. The first-order chi connectivity index (χ1) is 7.35. The Bertz CT molecular complexity index is 147. The summed E-state index contributed by atoms with van der Waals surface area (Å²) >= 11 is 0. The Labute approximate surface area is 92.2 Å². The number of hydrogen-bond acceptors (Lipinski definition) is 5.